The highest BCUT2D eigenvalue weighted by Gasteiger charge is 2.30. The number of hydrogen-bond acceptors (Lipinski definition) is 6. The van der Waals surface area contributed by atoms with E-state index in [1.807, 2.05) is 4.90 Å². The highest BCUT2D eigenvalue weighted by atomic mass is 16.6. The summed E-state index contributed by atoms with van der Waals surface area (Å²) >= 11 is 0. The maximum Gasteiger partial charge on any atom is 0.316 e. The molecule has 1 heterocycles. The van der Waals surface area contributed by atoms with E-state index in [4.69, 9.17) is 10.6 Å². The van der Waals surface area contributed by atoms with Crippen LogP contribution in [0, 0.1) is 16.0 Å². The second kappa shape index (κ2) is 6.06. The third-order valence-corrected chi connectivity index (χ3v) is 3.89. The molecule has 0 radical (unpaired) electrons. The van der Waals surface area contributed by atoms with Gasteiger partial charge in [-0.25, -0.2) is 0 Å². The van der Waals surface area contributed by atoms with Crippen LogP contribution in [0.3, 0.4) is 0 Å². The largest absolute Gasteiger partial charge is 0.379 e. The summed E-state index contributed by atoms with van der Waals surface area (Å²) < 4.78 is 5.46. The Morgan fingerprint density at radius 2 is 2.30 bits per heavy atom. The van der Waals surface area contributed by atoms with Gasteiger partial charge in [0.15, 0.2) is 0 Å². The van der Waals surface area contributed by atoms with E-state index in [1.165, 1.54) is 0 Å². The summed E-state index contributed by atoms with van der Waals surface area (Å²) in [6.07, 6.45) is 1.02. The van der Waals surface area contributed by atoms with Gasteiger partial charge < -0.3 is 15.1 Å². The Hall–Kier alpha value is -1.86. The second-order valence-corrected chi connectivity index (χ2v) is 5.06. The zero-order valence-electron chi connectivity index (χ0n) is 11.7. The smallest absolute Gasteiger partial charge is 0.316 e. The number of hydrazine groups is 1. The topological polar surface area (TPSA) is 93.7 Å². The molecule has 20 heavy (non-hydrogen) atoms. The van der Waals surface area contributed by atoms with Crippen LogP contribution >= 0.6 is 0 Å². The maximum absolute atomic E-state index is 11.3. The number of methoxy groups -OCH3 is 1. The average Bonchev–Trinajstić information content (AvgIpc) is 2.46. The van der Waals surface area contributed by atoms with Gasteiger partial charge in [-0.15, -0.1) is 0 Å². The predicted molar refractivity (Wildman–Crippen MR) is 77.7 cm³/mol. The van der Waals surface area contributed by atoms with Gasteiger partial charge in [-0.05, 0) is 24.5 Å². The number of hydrogen-bond donors (Lipinski definition) is 2. The number of nitro groups is 1. The Bertz CT molecular complexity index is 495. The average molecular weight is 280 g/mol. The fourth-order valence-electron chi connectivity index (χ4n) is 2.65. The number of nitrogens with two attached hydrogens (primary N) is 1. The monoisotopic (exact) mass is 280 g/mol. The normalized spacial score (nSPS) is 22.6. The SMILES string of the molecule is COC1CN(c2cccc(NN)c2[N+](=O)[O-])CCC1C. The van der Waals surface area contributed by atoms with Crippen molar-refractivity contribution in [2.75, 3.05) is 30.5 Å². The van der Waals surface area contributed by atoms with E-state index >= 15 is 0 Å². The molecular weight excluding hydrogens is 260 g/mol. The number of para-hydroxylation sites is 1. The van der Waals surface area contributed by atoms with Crippen LogP contribution in [-0.2, 0) is 4.74 Å². The summed E-state index contributed by atoms with van der Waals surface area (Å²) in [5.41, 5.74) is 3.31. The summed E-state index contributed by atoms with van der Waals surface area (Å²) in [7, 11) is 1.68. The lowest BCUT2D eigenvalue weighted by molar-refractivity contribution is -0.383. The number of rotatable bonds is 4. The number of nitrogen functional groups attached to an aromatic ring is 1. The van der Waals surface area contributed by atoms with Crippen molar-refractivity contribution in [3.8, 4) is 0 Å². The zero-order chi connectivity index (χ0) is 14.7. The van der Waals surface area contributed by atoms with E-state index < -0.39 is 4.92 Å². The number of benzene rings is 1. The molecule has 7 nitrogen and oxygen atoms in total. The van der Waals surface area contributed by atoms with Gasteiger partial charge in [0, 0.05) is 20.2 Å². The Kier molecular flexibility index (Phi) is 4.41. The molecule has 2 atom stereocenters. The highest BCUT2D eigenvalue weighted by molar-refractivity contribution is 5.76. The first-order valence-electron chi connectivity index (χ1n) is 6.60. The number of nitro benzene ring substituents is 1. The van der Waals surface area contributed by atoms with E-state index in [1.54, 1.807) is 25.3 Å². The minimum absolute atomic E-state index is 0.0133. The third kappa shape index (κ3) is 2.68. The summed E-state index contributed by atoms with van der Waals surface area (Å²) in [5.74, 6) is 5.81. The third-order valence-electron chi connectivity index (χ3n) is 3.89. The number of nitrogens with one attached hydrogen (secondary N) is 1. The molecule has 0 aliphatic carbocycles. The molecule has 2 unspecified atom stereocenters. The fourth-order valence-corrected chi connectivity index (χ4v) is 2.65. The minimum atomic E-state index is -0.398. The van der Waals surface area contributed by atoms with Gasteiger partial charge in [-0.3, -0.25) is 16.0 Å². The minimum Gasteiger partial charge on any atom is -0.379 e. The molecule has 1 saturated heterocycles. The van der Waals surface area contributed by atoms with Crippen molar-refractivity contribution in [1.82, 2.24) is 0 Å². The van der Waals surface area contributed by atoms with Crippen LogP contribution in [0.4, 0.5) is 17.1 Å². The summed E-state index contributed by atoms with van der Waals surface area (Å²) in [6.45, 7) is 3.56. The maximum atomic E-state index is 11.3. The van der Waals surface area contributed by atoms with Gasteiger partial charge in [-0.2, -0.15) is 0 Å². The molecular formula is C13H20N4O3. The van der Waals surface area contributed by atoms with Crippen molar-refractivity contribution >= 4 is 17.1 Å². The van der Waals surface area contributed by atoms with Crippen molar-refractivity contribution in [1.29, 1.82) is 0 Å². The molecule has 0 bridgehead atoms. The van der Waals surface area contributed by atoms with Crippen molar-refractivity contribution in [3.63, 3.8) is 0 Å². The van der Waals surface area contributed by atoms with Gasteiger partial charge in [0.05, 0.1) is 11.0 Å². The molecule has 1 aliphatic rings. The van der Waals surface area contributed by atoms with Gasteiger partial charge in [0.25, 0.3) is 0 Å². The van der Waals surface area contributed by atoms with Crippen molar-refractivity contribution in [2.45, 2.75) is 19.4 Å². The van der Waals surface area contributed by atoms with Gasteiger partial charge in [0.1, 0.15) is 11.4 Å². The van der Waals surface area contributed by atoms with E-state index in [0.29, 0.717) is 23.8 Å². The Morgan fingerprint density at radius 1 is 1.55 bits per heavy atom. The molecule has 7 heteroatoms. The Morgan fingerprint density at radius 3 is 2.90 bits per heavy atom. The summed E-state index contributed by atoms with van der Waals surface area (Å²) in [5, 5.41) is 11.3. The molecule has 0 aromatic heterocycles. The Labute approximate surface area is 117 Å². The highest BCUT2D eigenvalue weighted by Crippen LogP contribution is 2.37. The number of ether oxygens (including phenoxy) is 1. The van der Waals surface area contributed by atoms with Crippen LogP contribution < -0.4 is 16.2 Å². The second-order valence-electron chi connectivity index (χ2n) is 5.06. The molecule has 3 N–H and O–H groups in total. The molecule has 0 saturated carbocycles. The molecule has 1 aliphatic heterocycles. The zero-order valence-corrected chi connectivity index (χ0v) is 11.7. The molecule has 1 aromatic rings. The summed E-state index contributed by atoms with van der Waals surface area (Å²) in [4.78, 5) is 12.9. The predicted octanol–water partition coefficient (Wildman–Crippen LogP) is 1.74. The van der Waals surface area contributed by atoms with Crippen molar-refractivity contribution in [2.24, 2.45) is 11.8 Å². The van der Waals surface area contributed by atoms with Crippen LogP contribution in [0.25, 0.3) is 0 Å². The van der Waals surface area contributed by atoms with Gasteiger partial charge in [0.2, 0.25) is 0 Å². The van der Waals surface area contributed by atoms with E-state index in [2.05, 4.69) is 12.3 Å². The lowest BCUT2D eigenvalue weighted by Crippen LogP contribution is -2.44. The first-order valence-corrected chi connectivity index (χ1v) is 6.60. The van der Waals surface area contributed by atoms with Crippen molar-refractivity contribution < 1.29 is 9.66 Å². The van der Waals surface area contributed by atoms with Gasteiger partial charge in [-0.1, -0.05) is 13.0 Å². The van der Waals surface area contributed by atoms with Crippen molar-refractivity contribution in [3.05, 3.63) is 28.3 Å². The quantitative estimate of drug-likeness (QED) is 0.495. The van der Waals surface area contributed by atoms with Crippen LogP contribution in [0.1, 0.15) is 13.3 Å². The fraction of sp³-hybridized carbons (Fsp3) is 0.538. The molecule has 1 aromatic carbocycles. The van der Waals surface area contributed by atoms with E-state index in [-0.39, 0.29) is 11.8 Å². The molecule has 110 valence electrons. The standard InChI is InChI=1S/C13H20N4O3/c1-9-6-7-16(8-12(9)20-2)11-5-3-4-10(15-14)13(11)17(18)19/h3-5,9,12,15H,6-8,14H2,1-2H3. The molecule has 0 amide bonds. The van der Waals surface area contributed by atoms with Crippen LogP contribution in [0.5, 0.6) is 0 Å². The van der Waals surface area contributed by atoms with E-state index in [9.17, 15) is 10.1 Å². The van der Waals surface area contributed by atoms with Crippen LogP contribution in [0.15, 0.2) is 18.2 Å². The van der Waals surface area contributed by atoms with Crippen LogP contribution in [-0.4, -0.2) is 31.2 Å². The first kappa shape index (κ1) is 14.5. The number of anilines is 2. The lowest BCUT2D eigenvalue weighted by Gasteiger charge is -2.37. The number of nitrogens with zero attached hydrogens (tertiary/aromatic N) is 2. The first-order chi connectivity index (χ1) is 9.58. The molecule has 1 fully saturated rings. The van der Waals surface area contributed by atoms with Gasteiger partial charge >= 0.3 is 5.69 Å². The molecule has 0 spiro atoms. The van der Waals surface area contributed by atoms with E-state index in [0.717, 1.165) is 13.0 Å². The lowest BCUT2D eigenvalue weighted by atomic mass is 9.95. The number of piperidine rings is 1. The van der Waals surface area contributed by atoms with Crippen LogP contribution in [0.2, 0.25) is 0 Å². The summed E-state index contributed by atoms with van der Waals surface area (Å²) in [6, 6.07) is 5.11. The molecule has 2 rings (SSSR count). The Balaban J connectivity index is 2.35.